The zero-order valence-corrected chi connectivity index (χ0v) is 11.9. The summed E-state index contributed by atoms with van der Waals surface area (Å²) in [5.41, 5.74) is 1.56. The summed E-state index contributed by atoms with van der Waals surface area (Å²) in [5.74, 6) is 1.16. The van der Waals surface area contributed by atoms with Gasteiger partial charge < -0.3 is 4.52 Å². The average molecular weight is 322 g/mol. The van der Waals surface area contributed by atoms with E-state index in [9.17, 15) is 4.79 Å². The number of thioether (sulfide) groups is 1. The van der Waals surface area contributed by atoms with Crippen molar-refractivity contribution in [2.75, 3.05) is 17.2 Å². The fourth-order valence-corrected chi connectivity index (χ4v) is 3.34. The fraction of sp³-hybridized carbons (Fsp3) is 0.222. The first-order valence-electron chi connectivity index (χ1n) is 5.80. The number of nitrogens with zero attached hydrogens (tertiary/aromatic N) is 7. The number of nitrogens with one attached hydrogen (secondary N) is 1. The second-order valence-corrected chi connectivity index (χ2v) is 5.82. The molecule has 1 aliphatic heterocycles. The minimum atomic E-state index is -0.0574. The summed E-state index contributed by atoms with van der Waals surface area (Å²) in [5, 5.41) is 21.8. The molecular weight excluding hydrogens is 316 g/mol. The number of hydrogen-bond acceptors (Lipinski definition) is 10. The van der Waals surface area contributed by atoms with E-state index in [-0.39, 0.29) is 5.24 Å². The molecule has 0 bridgehead atoms. The van der Waals surface area contributed by atoms with Crippen LogP contribution in [0.3, 0.4) is 0 Å². The molecule has 12 heteroatoms. The van der Waals surface area contributed by atoms with Gasteiger partial charge in [0.1, 0.15) is 22.0 Å². The fourth-order valence-electron chi connectivity index (χ4n) is 1.94. The normalized spacial score (nSPS) is 15.0. The lowest BCUT2D eigenvalue weighted by Gasteiger charge is -2.11. The second kappa shape index (κ2) is 4.89. The molecule has 3 aromatic rings. The highest BCUT2D eigenvalue weighted by atomic mass is 32.2. The molecule has 0 saturated carbocycles. The molecule has 1 aliphatic rings. The van der Waals surface area contributed by atoms with E-state index in [1.54, 1.807) is 4.90 Å². The first kappa shape index (κ1) is 12.4. The van der Waals surface area contributed by atoms with Gasteiger partial charge in [0.2, 0.25) is 0 Å². The second-order valence-electron chi connectivity index (χ2n) is 4.02. The Morgan fingerprint density at radius 2 is 2.29 bits per heavy atom. The number of rotatable bonds is 3. The Balaban J connectivity index is 1.81. The number of aromatic amines is 1. The van der Waals surface area contributed by atoms with Crippen molar-refractivity contribution in [1.29, 1.82) is 0 Å². The van der Waals surface area contributed by atoms with Crippen LogP contribution in [0.25, 0.3) is 22.0 Å². The van der Waals surface area contributed by atoms with E-state index in [0.717, 1.165) is 17.3 Å². The highest BCUT2D eigenvalue weighted by molar-refractivity contribution is 8.14. The molecule has 0 aliphatic carbocycles. The number of aromatic nitrogens is 7. The van der Waals surface area contributed by atoms with Crippen molar-refractivity contribution in [3.63, 3.8) is 0 Å². The molecule has 3 aromatic heterocycles. The topological polar surface area (TPSA) is 127 Å². The van der Waals surface area contributed by atoms with E-state index in [1.165, 1.54) is 18.0 Å². The van der Waals surface area contributed by atoms with E-state index >= 15 is 0 Å². The van der Waals surface area contributed by atoms with Gasteiger partial charge in [-0.25, -0.2) is 0 Å². The highest BCUT2D eigenvalue weighted by Gasteiger charge is 2.30. The summed E-state index contributed by atoms with van der Waals surface area (Å²) in [4.78, 5) is 14.1. The number of H-pyrrole nitrogens is 1. The average Bonchev–Trinajstić information content (AvgIpc) is 3.25. The Hall–Kier alpha value is -2.34. The van der Waals surface area contributed by atoms with E-state index in [1.807, 2.05) is 0 Å². The molecule has 1 saturated heterocycles. The molecule has 4 rings (SSSR count). The molecule has 21 heavy (non-hydrogen) atoms. The lowest BCUT2D eigenvalue weighted by molar-refractivity contribution is 0.266. The van der Waals surface area contributed by atoms with Crippen LogP contribution in [0.15, 0.2) is 10.8 Å². The molecule has 1 amide bonds. The molecule has 1 fully saturated rings. The maximum atomic E-state index is 11.8. The van der Waals surface area contributed by atoms with Gasteiger partial charge in [-0.2, -0.15) is 0 Å². The van der Waals surface area contributed by atoms with Crippen molar-refractivity contribution in [2.45, 2.75) is 0 Å². The minimum absolute atomic E-state index is 0.0574. The van der Waals surface area contributed by atoms with Crippen molar-refractivity contribution in [3.8, 4) is 22.0 Å². The van der Waals surface area contributed by atoms with Gasteiger partial charge in [0.25, 0.3) is 5.24 Å². The third-order valence-corrected chi connectivity index (χ3v) is 4.47. The number of hydrogen-bond donors (Lipinski definition) is 1. The summed E-state index contributed by atoms with van der Waals surface area (Å²) in [7, 11) is 0. The van der Waals surface area contributed by atoms with Crippen LogP contribution in [0.1, 0.15) is 0 Å². The molecule has 0 radical (unpaired) electrons. The van der Waals surface area contributed by atoms with Crippen molar-refractivity contribution in [3.05, 3.63) is 6.26 Å². The van der Waals surface area contributed by atoms with Gasteiger partial charge in [0, 0.05) is 17.6 Å². The smallest absolute Gasteiger partial charge is 0.287 e. The van der Waals surface area contributed by atoms with Crippen LogP contribution in [0, 0.1) is 0 Å². The quantitative estimate of drug-likeness (QED) is 0.752. The first-order chi connectivity index (χ1) is 10.3. The third-order valence-electron chi connectivity index (χ3n) is 2.86. The maximum absolute atomic E-state index is 11.8. The third kappa shape index (κ3) is 1.99. The van der Waals surface area contributed by atoms with Gasteiger partial charge in [0.15, 0.2) is 12.1 Å². The van der Waals surface area contributed by atoms with Crippen molar-refractivity contribution in [2.24, 2.45) is 0 Å². The van der Waals surface area contributed by atoms with Crippen LogP contribution < -0.4 is 4.90 Å². The molecule has 0 aromatic carbocycles. The lowest BCUT2D eigenvalue weighted by atomic mass is 10.2. The van der Waals surface area contributed by atoms with Crippen LogP contribution in [0.5, 0.6) is 0 Å². The standard InChI is InChI=1S/C9H6N8O2S2/c18-9-17(1-2-20-9)8-6(11-14-13-8)5-7(21-16-12-5)4-3-19-15-10-4/h3H,1-2H2,(H,11,13,14). The lowest BCUT2D eigenvalue weighted by Crippen LogP contribution is -2.23. The predicted octanol–water partition coefficient (Wildman–Crippen LogP) is 1.05. The minimum Gasteiger partial charge on any atom is -0.345 e. The van der Waals surface area contributed by atoms with E-state index < -0.39 is 0 Å². The van der Waals surface area contributed by atoms with Gasteiger partial charge in [0.05, 0.1) is 0 Å². The summed E-state index contributed by atoms with van der Waals surface area (Å²) >= 11 is 2.40. The summed E-state index contributed by atoms with van der Waals surface area (Å²) in [6.45, 7) is 0.585. The van der Waals surface area contributed by atoms with E-state index in [2.05, 4.69) is 35.4 Å². The molecular formula is C9H6N8O2S2. The van der Waals surface area contributed by atoms with Crippen LogP contribution in [0.4, 0.5) is 10.6 Å². The zero-order valence-electron chi connectivity index (χ0n) is 10.3. The summed E-state index contributed by atoms with van der Waals surface area (Å²) < 4.78 is 8.66. The van der Waals surface area contributed by atoms with Crippen LogP contribution in [-0.2, 0) is 0 Å². The number of carbonyl (C=O) groups is 1. The van der Waals surface area contributed by atoms with Crippen LogP contribution >= 0.6 is 23.3 Å². The molecule has 106 valence electrons. The van der Waals surface area contributed by atoms with E-state index in [0.29, 0.717) is 34.3 Å². The van der Waals surface area contributed by atoms with Gasteiger partial charge in [-0.15, -0.1) is 15.3 Å². The van der Waals surface area contributed by atoms with Gasteiger partial charge in [-0.1, -0.05) is 21.5 Å². The molecule has 4 heterocycles. The maximum Gasteiger partial charge on any atom is 0.287 e. The van der Waals surface area contributed by atoms with Gasteiger partial charge >= 0.3 is 0 Å². The SMILES string of the molecule is O=C1SCCN1c1nn[nH]c1-c1nnsc1-c1conn1. The first-order valence-corrected chi connectivity index (χ1v) is 7.56. The number of anilines is 1. The Morgan fingerprint density at radius 1 is 1.33 bits per heavy atom. The Labute approximate surface area is 125 Å². The van der Waals surface area contributed by atoms with Crippen LogP contribution in [0.2, 0.25) is 0 Å². The monoisotopic (exact) mass is 322 g/mol. The number of carbonyl (C=O) groups excluding carboxylic acids is 1. The Morgan fingerprint density at radius 3 is 3.05 bits per heavy atom. The predicted molar refractivity (Wildman–Crippen MR) is 73.8 cm³/mol. The largest absolute Gasteiger partial charge is 0.345 e. The van der Waals surface area contributed by atoms with E-state index in [4.69, 9.17) is 4.52 Å². The zero-order chi connectivity index (χ0) is 14.2. The Bertz CT molecular complexity index is 781. The summed E-state index contributed by atoms with van der Waals surface area (Å²) in [6, 6.07) is 0. The summed E-state index contributed by atoms with van der Waals surface area (Å²) in [6.07, 6.45) is 1.40. The van der Waals surface area contributed by atoms with Crippen molar-refractivity contribution >= 4 is 34.4 Å². The van der Waals surface area contributed by atoms with Gasteiger partial charge in [-0.05, 0) is 11.5 Å². The molecule has 0 atom stereocenters. The van der Waals surface area contributed by atoms with Crippen LogP contribution in [-0.4, -0.2) is 52.9 Å². The Kier molecular flexibility index (Phi) is 2.89. The van der Waals surface area contributed by atoms with Gasteiger partial charge in [-0.3, -0.25) is 14.8 Å². The van der Waals surface area contributed by atoms with Crippen molar-refractivity contribution < 1.29 is 9.32 Å². The molecule has 1 N–H and O–H groups in total. The highest BCUT2D eigenvalue weighted by Crippen LogP contribution is 2.36. The molecule has 0 spiro atoms. The molecule has 10 nitrogen and oxygen atoms in total. The van der Waals surface area contributed by atoms with Crippen molar-refractivity contribution in [1.82, 2.24) is 35.4 Å². The number of amides is 1. The molecule has 0 unspecified atom stereocenters.